The molecular weight excluding hydrogens is 378 g/mol. The quantitative estimate of drug-likeness (QED) is 0.773. The SMILES string of the molecule is CN(c1ccccc1)S(=O)(=O)c1ccc(C(=O)NCC(=O)NC(C)(C)C)cc1. The van der Waals surface area contributed by atoms with E-state index < -0.39 is 15.9 Å². The fraction of sp³-hybridized carbons (Fsp3) is 0.300. The van der Waals surface area contributed by atoms with Gasteiger partial charge in [-0.25, -0.2) is 8.42 Å². The number of rotatable bonds is 6. The standard InChI is InChI=1S/C20H25N3O4S/c1-20(2,3)22-18(24)14-21-19(25)15-10-12-17(13-11-15)28(26,27)23(4)16-8-6-5-7-9-16/h5-13H,14H2,1-4H3,(H,21,25)(H,22,24). The molecule has 28 heavy (non-hydrogen) atoms. The molecule has 0 radical (unpaired) electrons. The minimum absolute atomic E-state index is 0.0703. The molecule has 2 N–H and O–H groups in total. The molecule has 7 nitrogen and oxygen atoms in total. The summed E-state index contributed by atoms with van der Waals surface area (Å²) in [5.41, 5.74) is 0.418. The lowest BCUT2D eigenvalue weighted by Crippen LogP contribution is -2.45. The summed E-state index contributed by atoms with van der Waals surface area (Å²) in [4.78, 5) is 24.0. The highest BCUT2D eigenvalue weighted by molar-refractivity contribution is 7.92. The molecule has 8 heteroatoms. The van der Waals surface area contributed by atoms with Gasteiger partial charge in [-0.2, -0.15) is 0 Å². The zero-order valence-corrected chi connectivity index (χ0v) is 17.2. The summed E-state index contributed by atoms with van der Waals surface area (Å²) in [6.45, 7) is 5.38. The molecule has 0 aliphatic carbocycles. The fourth-order valence-electron chi connectivity index (χ4n) is 2.44. The van der Waals surface area contributed by atoms with Gasteiger partial charge in [0.05, 0.1) is 17.1 Å². The molecule has 150 valence electrons. The molecule has 0 fully saturated rings. The van der Waals surface area contributed by atoms with E-state index in [0.29, 0.717) is 5.69 Å². The number of sulfonamides is 1. The van der Waals surface area contributed by atoms with Crippen molar-refractivity contribution in [1.29, 1.82) is 0 Å². The molecule has 2 rings (SSSR count). The topological polar surface area (TPSA) is 95.6 Å². The summed E-state index contributed by atoms with van der Waals surface area (Å²) in [6.07, 6.45) is 0. The van der Waals surface area contributed by atoms with Crippen molar-refractivity contribution in [2.75, 3.05) is 17.9 Å². The number of anilines is 1. The van der Waals surface area contributed by atoms with Crippen LogP contribution in [0.25, 0.3) is 0 Å². The second-order valence-corrected chi connectivity index (χ2v) is 9.28. The zero-order valence-electron chi connectivity index (χ0n) is 16.4. The number of hydrogen-bond donors (Lipinski definition) is 2. The molecule has 0 saturated heterocycles. The predicted octanol–water partition coefficient (Wildman–Crippen LogP) is 2.16. The molecule has 2 aromatic rings. The molecule has 0 aromatic heterocycles. The maximum absolute atomic E-state index is 12.7. The smallest absolute Gasteiger partial charge is 0.264 e. The first-order chi connectivity index (χ1) is 13.0. The number of carbonyl (C=O) groups excluding carboxylic acids is 2. The molecule has 0 heterocycles. The molecule has 0 bridgehead atoms. The van der Waals surface area contributed by atoms with E-state index in [-0.39, 0.29) is 28.4 Å². The molecule has 0 aliphatic rings. The molecular formula is C20H25N3O4S. The van der Waals surface area contributed by atoms with Crippen molar-refractivity contribution in [3.05, 3.63) is 60.2 Å². The van der Waals surface area contributed by atoms with E-state index in [2.05, 4.69) is 10.6 Å². The lowest BCUT2D eigenvalue weighted by molar-refractivity contribution is -0.121. The average molecular weight is 404 g/mol. The monoisotopic (exact) mass is 403 g/mol. The van der Waals surface area contributed by atoms with E-state index in [1.54, 1.807) is 30.3 Å². The summed E-state index contributed by atoms with van der Waals surface area (Å²) in [5, 5.41) is 5.26. The van der Waals surface area contributed by atoms with Crippen LogP contribution in [0.2, 0.25) is 0 Å². The Hall–Kier alpha value is -2.87. The van der Waals surface area contributed by atoms with Crippen molar-refractivity contribution in [1.82, 2.24) is 10.6 Å². The molecule has 2 aromatic carbocycles. The van der Waals surface area contributed by atoms with Crippen molar-refractivity contribution in [3.8, 4) is 0 Å². The van der Waals surface area contributed by atoms with Gasteiger partial charge in [-0.3, -0.25) is 13.9 Å². The van der Waals surface area contributed by atoms with E-state index >= 15 is 0 Å². The summed E-state index contributed by atoms with van der Waals surface area (Å²) in [7, 11) is -2.27. The highest BCUT2D eigenvalue weighted by atomic mass is 32.2. The van der Waals surface area contributed by atoms with Crippen LogP contribution in [0.4, 0.5) is 5.69 Å². The third-order valence-corrected chi connectivity index (χ3v) is 5.62. The Labute approximate surface area is 165 Å². The summed E-state index contributed by atoms with van der Waals surface area (Å²) >= 11 is 0. The molecule has 0 unspecified atom stereocenters. The van der Waals surface area contributed by atoms with Crippen LogP contribution in [0, 0.1) is 0 Å². The Kier molecular flexibility index (Phi) is 6.45. The van der Waals surface area contributed by atoms with Crippen LogP contribution < -0.4 is 14.9 Å². The van der Waals surface area contributed by atoms with Crippen molar-refractivity contribution in [2.24, 2.45) is 0 Å². The average Bonchev–Trinajstić information content (AvgIpc) is 2.65. The van der Waals surface area contributed by atoms with Gasteiger partial charge in [-0.1, -0.05) is 18.2 Å². The van der Waals surface area contributed by atoms with Crippen molar-refractivity contribution >= 4 is 27.5 Å². The zero-order chi connectivity index (χ0) is 20.9. The highest BCUT2D eigenvalue weighted by Gasteiger charge is 2.21. The minimum Gasteiger partial charge on any atom is -0.350 e. The van der Waals surface area contributed by atoms with Gasteiger partial charge in [-0.05, 0) is 57.2 Å². The van der Waals surface area contributed by atoms with Crippen molar-refractivity contribution < 1.29 is 18.0 Å². The number of amides is 2. The Bertz CT molecular complexity index is 934. The van der Waals surface area contributed by atoms with Crippen LogP contribution in [0.1, 0.15) is 31.1 Å². The van der Waals surface area contributed by atoms with Gasteiger partial charge in [-0.15, -0.1) is 0 Å². The van der Waals surface area contributed by atoms with Crippen LogP contribution in [0.15, 0.2) is 59.5 Å². The Morgan fingerprint density at radius 3 is 2.07 bits per heavy atom. The van der Waals surface area contributed by atoms with Gasteiger partial charge in [0.2, 0.25) is 5.91 Å². The van der Waals surface area contributed by atoms with Gasteiger partial charge < -0.3 is 10.6 Å². The van der Waals surface area contributed by atoms with Crippen molar-refractivity contribution in [2.45, 2.75) is 31.2 Å². The second kappa shape index (κ2) is 8.43. The van der Waals surface area contributed by atoms with Gasteiger partial charge in [0.1, 0.15) is 0 Å². The first-order valence-electron chi connectivity index (χ1n) is 8.74. The fourth-order valence-corrected chi connectivity index (χ4v) is 3.63. The summed E-state index contributed by atoms with van der Waals surface area (Å²) in [6, 6.07) is 14.3. The lowest BCUT2D eigenvalue weighted by atomic mass is 10.1. The minimum atomic E-state index is -3.74. The number of para-hydroxylation sites is 1. The third-order valence-electron chi connectivity index (χ3n) is 3.82. The predicted molar refractivity (Wildman–Crippen MR) is 109 cm³/mol. The molecule has 0 aliphatic heterocycles. The van der Waals surface area contributed by atoms with E-state index in [4.69, 9.17) is 0 Å². The van der Waals surface area contributed by atoms with Crippen LogP contribution in [-0.4, -0.2) is 39.4 Å². The number of benzene rings is 2. The van der Waals surface area contributed by atoms with Gasteiger partial charge in [0.25, 0.3) is 15.9 Å². The number of hydrogen-bond acceptors (Lipinski definition) is 4. The van der Waals surface area contributed by atoms with Crippen molar-refractivity contribution in [3.63, 3.8) is 0 Å². The molecule has 0 spiro atoms. The molecule has 0 saturated carbocycles. The van der Waals surface area contributed by atoms with Crippen LogP contribution in [0.5, 0.6) is 0 Å². The Balaban J connectivity index is 2.06. The number of nitrogens with one attached hydrogen (secondary N) is 2. The highest BCUT2D eigenvalue weighted by Crippen LogP contribution is 2.21. The maximum atomic E-state index is 12.7. The lowest BCUT2D eigenvalue weighted by Gasteiger charge is -2.20. The second-order valence-electron chi connectivity index (χ2n) is 7.31. The maximum Gasteiger partial charge on any atom is 0.264 e. The van der Waals surface area contributed by atoms with Gasteiger partial charge >= 0.3 is 0 Å². The largest absolute Gasteiger partial charge is 0.350 e. The number of carbonyl (C=O) groups is 2. The molecule has 2 amide bonds. The van der Waals surface area contributed by atoms with E-state index in [1.165, 1.54) is 35.6 Å². The summed E-state index contributed by atoms with van der Waals surface area (Å²) < 4.78 is 26.6. The van der Waals surface area contributed by atoms with Crippen LogP contribution in [-0.2, 0) is 14.8 Å². The first-order valence-corrected chi connectivity index (χ1v) is 10.2. The van der Waals surface area contributed by atoms with Gasteiger partial charge in [0.15, 0.2) is 0 Å². The number of nitrogens with zero attached hydrogens (tertiary/aromatic N) is 1. The third kappa shape index (κ3) is 5.56. The van der Waals surface area contributed by atoms with Gasteiger partial charge in [0, 0.05) is 18.2 Å². The summed E-state index contributed by atoms with van der Waals surface area (Å²) in [5.74, 6) is -0.756. The van der Waals surface area contributed by atoms with Crippen LogP contribution >= 0.6 is 0 Å². The van der Waals surface area contributed by atoms with E-state index in [9.17, 15) is 18.0 Å². The Morgan fingerprint density at radius 1 is 0.964 bits per heavy atom. The first kappa shape index (κ1) is 21.4. The molecule has 0 atom stereocenters. The normalized spacial score (nSPS) is 11.6. The van der Waals surface area contributed by atoms with E-state index in [1.807, 2.05) is 20.8 Å². The van der Waals surface area contributed by atoms with Crippen LogP contribution in [0.3, 0.4) is 0 Å². The Morgan fingerprint density at radius 2 is 1.54 bits per heavy atom. The van der Waals surface area contributed by atoms with E-state index in [0.717, 1.165) is 0 Å².